The number of methoxy groups -OCH3 is 3. The van der Waals surface area contributed by atoms with Crippen molar-refractivity contribution >= 4 is 89.0 Å². The number of nitrogens with one attached hydrogen (secondary N) is 5. The van der Waals surface area contributed by atoms with Gasteiger partial charge < -0.3 is 68.8 Å². The van der Waals surface area contributed by atoms with Crippen LogP contribution < -0.4 is 10.6 Å². The molecule has 9 aromatic carbocycles. The Kier molecular flexibility index (Phi) is 22.8. The Labute approximate surface area is 707 Å². The molecule has 3 aliphatic rings. The highest BCUT2D eigenvalue weighted by atomic mass is 19.1. The Hall–Kier alpha value is -12.6. The topological polar surface area (TPSA) is 308 Å². The fourth-order valence-electron chi connectivity index (χ4n) is 18.1. The van der Waals surface area contributed by atoms with Crippen molar-refractivity contribution in [2.75, 3.05) is 80.5 Å². The molecule has 0 saturated carbocycles. The molecule has 4 atom stereocenters. The standard InChI is InChI=1S/C33H35FN4O4.C32H33FN4O4.C31H30FN5O3/c1-32(2,20-42-3)30-29(21-5-7-22(8-6-21)31(40)37-14-4-13-33(41,18-37)19-39)26-16-27-23(17-35-36-27)15-28(26)38(30)25-11-9-24(34)10-12-25;1-31(2,19-41-3)29-28(20-4-6-21(7-5-20)30(39)36-13-12-32(40,17-36)18-38)25-15-26-22(16-34-35-26)14-27(25)37(29)24-10-8-23(33)9-11-24;1-17-27(30(39)34-17)35-29(38)19-7-5-18(6-8-19)26-23-14-24-20(15-33-36-24)13-25(23)37(22-11-9-21(32)10-12-22)28(26)31(2,3)16-40-4/h5-12,15-17,39,41H,4,13-14,18-20H2,1-3H3,(H,35,36);4-11,14-16,38,40H,12-13,17-19H2,1-3H3,(H,34,35);5-15,17,27H,16H2,1-4H3,(H,33,36)(H,34,39)(H,35,38)/t;;17-,27-/m..0/s1. The lowest BCUT2D eigenvalue weighted by molar-refractivity contribution is -0.130. The van der Waals surface area contributed by atoms with Crippen LogP contribution in [-0.2, 0) is 35.3 Å². The summed E-state index contributed by atoms with van der Waals surface area (Å²) in [6, 6.07) is 53.7. The second-order valence-electron chi connectivity index (χ2n) is 34.6. The lowest BCUT2D eigenvalue weighted by atomic mass is 9.84. The predicted octanol–water partition coefficient (Wildman–Crippen LogP) is 14.9. The number of H-pyrrole nitrogens is 3. The van der Waals surface area contributed by atoms with Crippen molar-refractivity contribution in [2.24, 2.45) is 0 Å². The van der Waals surface area contributed by atoms with Crippen LogP contribution in [0.15, 0.2) is 201 Å². The minimum absolute atomic E-state index is 0.0989. The summed E-state index contributed by atoms with van der Waals surface area (Å²) >= 11 is 0. The maximum absolute atomic E-state index is 14.0. The third-order valence-electron chi connectivity index (χ3n) is 24.0. The van der Waals surface area contributed by atoms with E-state index < -0.39 is 33.5 Å². The molecular weight excluding hydrogens is 1570 g/mol. The van der Waals surface area contributed by atoms with E-state index in [1.807, 2.05) is 55.5 Å². The second kappa shape index (κ2) is 33.3. The molecule has 9 heterocycles. The van der Waals surface area contributed by atoms with E-state index in [-0.39, 0.29) is 73.4 Å². The Morgan fingerprint density at radius 1 is 0.472 bits per heavy atom. The van der Waals surface area contributed by atoms with E-state index in [1.165, 1.54) is 36.4 Å². The highest BCUT2D eigenvalue weighted by Gasteiger charge is 2.42. The number of β-amino-alcohol motifs (C(OH)–C–C–N with tert-alkyl or cyclic N) is 2. The molecule has 18 rings (SSSR count). The van der Waals surface area contributed by atoms with Crippen molar-refractivity contribution in [3.63, 3.8) is 0 Å². The number of fused-ring (bicyclic) bond motifs is 6. The number of piperidine rings is 1. The summed E-state index contributed by atoms with van der Waals surface area (Å²) in [5, 5.41) is 73.4. The first-order chi connectivity index (χ1) is 58.9. The molecule has 24 nitrogen and oxygen atoms in total. The van der Waals surface area contributed by atoms with Crippen LogP contribution in [0.25, 0.3) is 116 Å². The van der Waals surface area contributed by atoms with Crippen molar-refractivity contribution in [3.05, 3.63) is 252 Å². The summed E-state index contributed by atoms with van der Waals surface area (Å²) in [5.41, 5.74) is 14.3. The largest absolute Gasteiger partial charge is 0.393 e. The average Bonchev–Trinajstić information content (AvgIpc) is 1.57. The Balaban J connectivity index is 0.000000137. The molecule has 3 fully saturated rings. The van der Waals surface area contributed by atoms with Crippen LogP contribution in [0.5, 0.6) is 0 Å². The van der Waals surface area contributed by atoms with Gasteiger partial charge in [0, 0.05) is 151 Å². The first-order valence-corrected chi connectivity index (χ1v) is 40.9. The summed E-state index contributed by atoms with van der Waals surface area (Å²) in [6.45, 7) is 16.3. The lowest BCUT2D eigenvalue weighted by Gasteiger charge is -2.38. The number of rotatable bonds is 21. The quantitative estimate of drug-likeness (QED) is 0.0302. The Morgan fingerprint density at radius 2 is 0.797 bits per heavy atom. The van der Waals surface area contributed by atoms with Crippen molar-refractivity contribution in [3.8, 4) is 50.4 Å². The van der Waals surface area contributed by atoms with E-state index in [0.717, 1.165) is 133 Å². The van der Waals surface area contributed by atoms with Gasteiger partial charge in [0.1, 0.15) is 34.7 Å². The van der Waals surface area contributed by atoms with Crippen molar-refractivity contribution in [2.45, 2.75) is 107 Å². The van der Waals surface area contributed by atoms with Gasteiger partial charge in [-0.05, 0) is 188 Å². The highest BCUT2D eigenvalue weighted by molar-refractivity contribution is 6.10. The van der Waals surface area contributed by atoms with Gasteiger partial charge in [-0.15, -0.1) is 0 Å². The molecule has 27 heteroatoms. The van der Waals surface area contributed by atoms with Crippen LogP contribution >= 0.6 is 0 Å². The first-order valence-electron chi connectivity index (χ1n) is 40.9. The third-order valence-corrected chi connectivity index (χ3v) is 24.0. The lowest BCUT2D eigenvalue weighted by Crippen LogP contribution is -2.67. The molecule has 123 heavy (non-hydrogen) atoms. The van der Waals surface area contributed by atoms with Crippen molar-refractivity contribution in [1.82, 2.24) is 64.7 Å². The van der Waals surface area contributed by atoms with Crippen LogP contribution in [-0.4, -0.2) is 202 Å². The van der Waals surface area contributed by atoms with Crippen LogP contribution in [0.4, 0.5) is 13.2 Å². The number of aromatic nitrogens is 9. The molecule has 15 aromatic rings. The number of aliphatic hydroxyl groups is 4. The molecule has 0 aliphatic carbocycles. The Morgan fingerprint density at radius 3 is 1.11 bits per heavy atom. The number of aromatic amines is 3. The molecule has 0 bridgehead atoms. The fraction of sp³-hybridized carbons (Fsp3) is 0.302. The maximum Gasteiger partial charge on any atom is 0.253 e. The fourth-order valence-corrected chi connectivity index (χ4v) is 18.1. The zero-order valence-corrected chi connectivity index (χ0v) is 70.1. The number of β-lactam (4-membered cyclic amide) rings is 1. The molecule has 6 aromatic heterocycles. The van der Waals surface area contributed by atoms with E-state index in [1.54, 1.807) is 110 Å². The van der Waals surface area contributed by atoms with E-state index in [9.17, 15) is 52.8 Å². The summed E-state index contributed by atoms with van der Waals surface area (Å²) in [4.78, 5) is 54.5. The maximum atomic E-state index is 14.0. The summed E-state index contributed by atoms with van der Waals surface area (Å²) in [6.07, 6.45) is 6.79. The molecule has 3 saturated heterocycles. The molecule has 9 N–H and O–H groups in total. The van der Waals surface area contributed by atoms with Gasteiger partial charge in [-0.3, -0.25) is 34.5 Å². The van der Waals surface area contributed by atoms with E-state index in [2.05, 4.69) is 133 Å². The number of hydrogen-bond donors (Lipinski definition) is 9. The number of carbonyl (C=O) groups is 4. The van der Waals surface area contributed by atoms with Gasteiger partial charge in [-0.1, -0.05) is 77.9 Å². The summed E-state index contributed by atoms with van der Waals surface area (Å²) in [5.74, 6) is -1.77. The van der Waals surface area contributed by atoms with Crippen molar-refractivity contribution in [1.29, 1.82) is 0 Å². The Bertz CT molecular complexity index is 6490. The van der Waals surface area contributed by atoms with Crippen LogP contribution in [0.3, 0.4) is 0 Å². The zero-order chi connectivity index (χ0) is 86.8. The van der Waals surface area contributed by atoms with Crippen molar-refractivity contribution < 1.29 is 67.0 Å². The number of likely N-dealkylation sites (tertiary alicyclic amines) is 2. The smallest absolute Gasteiger partial charge is 0.253 e. The van der Waals surface area contributed by atoms with Crippen LogP contribution in [0.1, 0.15) is 116 Å². The van der Waals surface area contributed by atoms with Gasteiger partial charge in [0.15, 0.2) is 0 Å². The minimum Gasteiger partial charge on any atom is -0.393 e. The normalized spacial score (nSPS) is 17.6. The second-order valence-corrected chi connectivity index (χ2v) is 34.6. The van der Waals surface area contributed by atoms with Gasteiger partial charge in [-0.2, -0.15) is 15.3 Å². The molecule has 3 aliphatic heterocycles. The van der Waals surface area contributed by atoms with Crippen LogP contribution in [0.2, 0.25) is 0 Å². The summed E-state index contributed by atoms with van der Waals surface area (Å²) < 4.78 is 65.5. The predicted molar refractivity (Wildman–Crippen MR) is 468 cm³/mol. The van der Waals surface area contributed by atoms with Gasteiger partial charge in [0.05, 0.1) is 104 Å². The number of carbonyl (C=O) groups excluding carboxylic acids is 4. The van der Waals surface area contributed by atoms with Gasteiger partial charge in [0.2, 0.25) is 5.91 Å². The van der Waals surface area contributed by atoms with Gasteiger partial charge in [0.25, 0.3) is 17.7 Å². The van der Waals surface area contributed by atoms with E-state index >= 15 is 0 Å². The monoisotopic (exact) mass is 1670 g/mol. The molecule has 4 amide bonds. The molecule has 2 unspecified atom stereocenters. The van der Waals surface area contributed by atoms with Gasteiger partial charge >= 0.3 is 0 Å². The zero-order valence-electron chi connectivity index (χ0n) is 70.1. The number of halogens is 3. The number of nitrogens with zero attached hydrogens (tertiary/aromatic N) is 8. The SMILES string of the molecule is COCC(C)(C)c1c(-c2ccc(C(=O)N3CCC(O)(CO)C3)cc2)c2cc3[nH]ncc3cc2n1-c1ccc(F)cc1.COCC(C)(C)c1c(-c2ccc(C(=O)N3CCCC(O)(CO)C3)cc2)c2cc3[nH]ncc3cc2n1-c1ccc(F)cc1.COCC(C)(C)c1c(-c2ccc(C(=O)N[C@@H]3C(=O)N[C@H]3C)cc2)c2cc3[nH]ncc3cc2n1-c1ccc(F)cc1. The minimum atomic E-state index is -1.27. The van der Waals surface area contributed by atoms with Gasteiger partial charge in [-0.25, -0.2) is 13.2 Å². The van der Waals surface area contributed by atoms with E-state index in [0.29, 0.717) is 68.9 Å². The third kappa shape index (κ3) is 16.0. The molecule has 0 spiro atoms. The molecule has 0 radical (unpaired) electrons. The highest BCUT2D eigenvalue weighted by Crippen LogP contribution is 2.49. The number of amides is 4. The molecular formula is C96H98F3N13O11. The number of ether oxygens (including phenoxy) is 3. The number of hydrogen-bond acceptors (Lipinski definition) is 14. The van der Waals surface area contributed by atoms with Crippen LogP contribution in [0, 0.1) is 17.5 Å². The summed E-state index contributed by atoms with van der Waals surface area (Å²) in [7, 11) is 5.04. The first kappa shape index (κ1) is 84.0. The molecule has 634 valence electrons. The average molecular weight is 1670 g/mol. The van der Waals surface area contributed by atoms with E-state index in [4.69, 9.17) is 14.2 Å². The number of benzene rings is 9. The number of aliphatic hydroxyl groups excluding tert-OH is 2.